The largest absolute Gasteiger partial charge is 0.416 e. The van der Waals surface area contributed by atoms with Crippen LogP contribution in [0.2, 0.25) is 5.02 Å². The third kappa shape index (κ3) is 3.35. The summed E-state index contributed by atoms with van der Waals surface area (Å²) in [7, 11) is 0. The lowest BCUT2D eigenvalue weighted by Crippen LogP contribution is -2.23. The minimum absolute atomic E-state index is 0.169. The monoisotopic (exact) mass is 366 g/mol. The summed E-state index contributed by atoms with van der Waals surface area (Å²) in [4.78, 5) is 12.8. The average Bonchev–Trinajstić information content (AvgIpc) is 2.92. The van der Waals surface area contributed by atoms with E-state index >= 15 is 0 Å². The molecule has 0 aliphatic rings. The normalized spacial score (nSPS) is 11.7. The van der Waals surface area contributed by atoms with E-state index in [0.29, 0.717) is 22.8 Å². The topological polar surface area (TPSA) is 26.9 Å². The van der Waals surface area contributed by atoms with Crippen molar-refractivity contribution in [3.63, 3.8) is 0 Å². The van der Waals surface area contributed by atoms with Crippen LogP contribution in [0.5, 0.6) is 0 Å². The number of nitrogens with zero attached hydrogens (tertiary/aromatic N) is 2. The van der Waals surface area contributed by atoms with Crippen LogP contribution in [0, 0.1) is 0 Å². The highest BCUT2D eigenvalue weighted by Crippen LogP contribution is 2.30. The summed E-state index contributed by atoms with van der Waals surface area (Å²) >= 11 is 5.87. The van der Waals surface area contributed by atoms with Crippen molar-refractivity contribution in [3.8, 4) is 11.4 Å². The first kappa shape index (κ1) is 17.4. The molecule has 1 aromatic heterocycles. The zero-order valence-corrected chi connectivity index (χ0v) is 14.0. The number of aryl methyl sites for hydroxylation is 1. The molecule has 0 atom stereocenters. The van der Waals surface area contributed by atoms with Crippen molar-refractivity contribution in [2.45, 2.75) is 19.5 Å². The molecule has 0 unspecified atom stereocenters. The standard InChI is InChI=1S/C18H14ClF3N2O/c1-2-14-11-23(16-5-3-4-12(10-16)18(20,21)22)17(25)24(14)15-8-6-13(19)7-9-15/h3-11H,2H2,1H3. The fourth-order valence-electron chi connectivity index (χ4n) is 2.63. The van der Waals surface area contributed by atoms with E-state index in [9.17, 15) is 18.0 Å². The minimum Gasteiger partial charge on any atom is -0.267 e. The molecule has 0 aliphatic heterocycles. The van der Waals surface area contributed by atoms with E-state index in [1.807, 2.05) is 6.92 Å². The van der Waals surface area contributed by atoms with Gasteiger partial charge in [0.05, 0.1) is 16.9 Å². The average molecular weight is 367 g/mol. The predicted molar refractivity (Wildman–Crippen MR) is 90.8 cm³/mol. The summed E-state index contributed by atoms with van der Waals surface area (Å²) in [5, 5.41) is 0.534. The van der Waals surface area contributed by atoms with Crippen LogP contribution in [-0.2, 0) is 12.6 Å². The molecule has 3 rings (SSSR count). The molecule has 0 amide bonds. The Labute approximate surface area is 146 Å². The Morgan fingerprint density at radius 3 is 2.32 bits per heavy atom. The van der Waals surface area contributed by atoms with Crippen molar-refractivity contribution in [3.05, 3.63) is 81.5 Å². The van der Waals surface area contributed by atoms with Gasteiger partial charge >= 0.3 is 11.9 Å². The summed E-state index contributed by atoms with van der Waals surface area (Å²) in [5.41, 5.74) is 0.233. The summed E-state index contributed by atoms with van der Waals surface area (Å²) in [5.74, 6) is 0. The van der Waals surface area contributed by atoms with E-state index in [-0.39, 0.29) is 5.69 Å². The SMILES string of the molecule is CCc1cn(-c2cccc(C(F)(F)F)c2)c(=O)n1-c1ccc(Cl)cc1. The Hall–Kier alpha value is -2.47. The molecule has 3 nitrogen and oxygen atoms in total. The van der Waals surface area contributed by atoms with Gasteiger partial charge in [0.15, 0.2) is 0 Å². The molecule has 25 heavy (non-hydrogen) atoms. The molecule has 1 heterocycles. The number of imidazole rings is 1. The molecule has 0 bridgehead atoms. The van der Waals surface area contributed by atoms with Crippen molar-refractivity contribution in [1.82, 2.24) is 9.13 Å². The third-order valence-corrected chi connectivity index (χ3v) is 4.11. The fourth-order valence-corrected chi connectivity index (χ4v) is 2.75. The molecule has 2 aromatic carbocycles. The first-order valence-corrected chi connectivity index (χ1v) is 7.96. The number of benzene rings is 2. The van der Waals surface area contributed by atoms with Crippen LogP contribution < -0.4 is 5.69 Å². The van der Waals surface area contributed by atoms with Gasteiger partial charge < -0.3 is 0 Å². The van der Waals surface area contributed by atoms with Crippen molar-refractivity contribution in [2.75, 3.05) is 0 Å². The Balaban J connectivity index is 2.17. The molecule has 0 saturated carbocycles. The lowest BCUT2D eigenvalue weighted by Gasteiger charge is -2.08. The first-order chi connectivity index (χ1) is 11.8. The number of hydrogen-bond donors (Lipinski definition) is 0. The van der Waals surface area contributed by atoms with Crippen molar-refractivity contribution >= 4 is 11.6 Å². The van der Waals surface area contributed by atoms with Crippen LogP contribution in [-0.4, -0.2) is 9.13 Å². The van der Waals surface area contributed by atoms with Gasteiger partial charge in [-0.05, 0) is 48.9 Å². The molecule has 0 saturated heterocycles. The molecule has 0 aliphatic carbocycles. The summed E-state index contributed by atoms with van der Waals surface area (Å²) < 4.78 is 41.5. The highest BCUT2D eigenvalue weighted by molar-refractivity contribution is 6.30. The second-order valence-corrected chi connectivity index (χ2v) is 5.92. The van der Waals surface area contributed by atoms with E-state index in [1.54, 1.807) is 30.5 Å². The molecule has 0 fully saturated rings. The first-order valence-electron chi connectivity index (χ1n) is 7.58. The number of hydrogen-bond acceptors (Lipinski definition) is 1. The second-order valence-electron chi connectivity index (χ2n) is 5.49. The molecule has 7 heteroatoms. The maximum absolute atomic E-state index is 12.9. The number of aromatic nitrogens is 2. The van der Waals surface area contributed by atoms with Crippen LogP contribution >= 0.6 is 11.6 Å². The lowest BCUT2D eigenvalue weighted by molar-refractivity contribution is -0.137. The zero-order chi connectivity index (χ0) is 18.2. The van der Waals surface area contributed by atoms with Crippen LogP contribution in [0.3, 0.4) is 0 Å². The Morgan fingerprint density at radius 1 is 1.04 bits per heavy atom. The third-order valence-electron chi connectivity index (χ3n) is 3.86. The Bertz CT molecular complexity index is 956. The van der Waals surface area contributed by atoms with Gasteiger partial charge in [-0.2, -0.15) is 13.2 Å². The summed E-state index contributed by atoms with van der Waals surface area (Å²) in [6, 6.07) is 11.4. The second kappa shape index (κ2) is 6.44. The van der Waals surface area contributed by atoms with Crippen LogP contribution in [0.4, 0.5) is 13.2 Å². The van der Waals surface area contributed by atoms with Gasteiger partial charge in [-0.3, -0.25) is 9.13 Å². The highest BCUT2D eigenvalue weighted by Gasteiger charge is 2.30. The Kier molecular flexibility index (Phi) is 4.47. The number of halogens is 4. The van der Waals surface area contributed by atoms with Gasteiger partial charge in [0.2, 0.25) is 0 Å². The van der Waals surface area contributed by atoms with E-state index < -0.39 is 17.4 Å². The van der Waals surface area contributed by atoms with Gasteiger partial charge in [-0.25, -0.2) is 4.79 Å². The smallest absolute Gasteiger partial charge is 0.267 e. The van der Waals surface area contributed by atoms with E-state index in [2.05, 4.69) is 0 Å². The van der Waals surface area contributed by atoms with E-state index in [0.717, 1.165) is 12.1 Å². The number of rotatable bonds is 3. The van der Waals surface area contributed by atoms with Crippen LogP contribution in [0.15, 0.2) is 59.5 Å². The number of alkyl halides is 3. The summed E-state index contributed by atoms with van der Waals surface area (Å²) in [6.07, 6.45) is -2.36. The van der Waals surface area contributed by atoms with Crippen molar-refractivity contribution in [2.24, 2.45) is 0 Å². The molecule has 0 radical (unpaired) electrons. The molecule has 3 aromatic rings. The molecule has 0 spiro atoms. The molecule has 130 valence electrons. The maximum Gasteiger partial charge on any atom is 0.416 e. The van der Waals surface area contributed by atoms with Gasteiger partial charge in [-0.15, -0.1) is 0 Å². The maximum atomic E-state index is 12.9. The fraction of sp³-hybridized carbons (Fsp3) is 0.167. The zero-order valence-electron chi connectivity index (χ0n) is 13.2. The minimum atomic E-state index is -4.47. The van der Waals surface area contributed by atoms with Crippen molar-refractivity contribution in [1.29, 1.82) is 0 Å². The van der Waals surface area contributed by atoms with Crippen molar-refractivity contribution < 1.29 is 13.2 Å². The lowest BCUT2D eigenvalue weighted by atomic mass is 10.2. The van der Waals surface area contributed by atoms with E-state index in [4.69, 9.17) is 11.6 Å². The quantitative estimate of drug-likeness (QED) is 0.650. The molecular formula is C18H14ClF3N2O. The van der Waals surface area contributed by atoms with Crippen LogP contribution in [0.25, 0.3) is 11.4 Å². The van der Waals surface area contributed by atoms with Gasteiger partial charge in [0, 0.05) is 16.9 Å². The Morgan fingerprint density at radius 2 is 1.72 bits per heavy atom. The van der Waals surface area contributed by atoms with Gasteiger partial charge in [0.25, 0.3) is 0 Å². The predicted octanol–water partition coefficient (Wildman–Crippen LogP) is 4.86. The summed E-state index contributed by atoms with van der Waals surface area (Å²) in [6.45, 7) is 1.87. The molecular weight excluding hydrogens is 353 g/mol. The van der Waals surface area contributed by atoms with Gasteiger partial charge in [0.1, 0.15) is 0 Å². The highest BCUT2D eigenvalue weighted by atomic mass is 35.5. The molecule has 0 N–H and O–H groups in total. The van der Waals surface area contributed by atoms with Gasteiger partial charge in [-0.1, -0.05) is 24.6 Å². The van der Waals surface area contributed by atoms with E-state index in [1.165, 1.54) is 21.3 Å². The van der Waals surface area contributed by atoms with Crippen LogP contribution in [0.1, 0.15) is 18.2 Å².